The number of benzene rings is 5. The van der Waals surface area contributed by atoms with Crippen molar-refractivity contribution < 1.29 is 45.4 Å². The van der Waals surface area contributed by atoms with Crippen LogP contribution in [0.3, 0.4) is 0 Å². The third-order valence-corrected chi connectivity index (χ3v) is 13.6. The molecule has 3 aliphatic heterocycles. The second-order valence-electron chi connectivity index (χ2n) is 19.1. The van der Waals surface area contributed by atoms with Gasteiger partial charge in [-0.05, 0) is 128 Å². The van der Waals surface area contributed by atoms with Crippen LogP contribution in [-0.2, 0) is 25.2 Å². The number of hydrogen-bond acceptors (Lipinski definition) is 7. The number of aryl methyl sites for hydroxylation is 3. The summed E-state index contributed by atoms with van der Waals surface area (Å²) in [6, 6.07) is 28.9. The maximum Gasteiger partial charge on any atom is 0.431 e. The number of nitrogens with zero attached hydrogens (tertiary/aromatic N) is 1. The molecule has 2 amide bonds. The molecule has 5 aromatic carbocycles. The molecule has 7 aromatic rings. The van der Waals surface area contributed by atoms with Crippen LogP contribution in [0.25, 0.3) is 5.57 Å². The highest BCUT2D eigenvalue weighted by Gasteiger charge is 2.39. The number of nitrogens with one attached hydrogen (secondary N) is 4. The van der Waals surface area contributed by atoms with Crippen LogP contribution in [0.4, 0.5) is 26.3 Å². The van der Waals surface area contributed by atoms with Gasteiger partial charge in [0.2, 0.25) is 0 Å². The molecule has 17 heteroatoms. The Morgan fingerprint density at radius 3 is 1.49 bits per heavy atom. The highest BCUT2D eigenvalue weighted by atomic mass is 19.4. The maximum atomic E-state index is 14.5. The summed E-state index contributed by atoms with van der Waals surface area (Å²) < 4.78 is 98.8. The van der Waals surface area contributed by atoms with E-state index in [1.165, 1.54) is 0 Å². The van der Waals surface area contributed by atoms with E-state index >= 15 is 0 Å². The lowest BCUT2D eigenvalue weighted by atomic mass is 9.91. The number of ether oxygens (including phenoxy) is 2. The molecule has 0 saturated carbocycles. The molecule has 0 spiro atoms. The van der Waals surface area contributed by atoms with Gasteiger partial charge in [-0.2, -0.15) is 26.3 Å². The van der Waals surface area contributed by atoms with E-state index in [-0.39, 0.29) is 24.0 Å². The summed E-state index contributed by atoms with van der Waals surface area (Å²) in [5, 5.41) is 5.77. The number of likely N-dealkylation sites (N-methyl/N-ethyl adjacent to an activating group) is 1. The number of hydrogen-bond donors (Lipinski definition) is 4. The van der Waals surface area contributed by atoms with Crippen molar-refractivity contribution in [2.24, 2.45) is 0 Å². The van der Waals surface area contributed by atoms with Gasteiger partial charge in [0, 0.05) is 40.9 Å². The molecule has 0 bridgehead atoms. The van der Waals surface area contributed by atoms with E-state index in [0.29, 0.717) is 75.9 Å². The molecule has 2 aromatic heterocycles. The van der Waals surface area contributed by atoms with Crippen molar-refractivity contribution in [3.63, 3.8) is 0 Å². The summed E-state index contributed by atoms with van der Waals surface area (Å²) in [5.41, 5.74) is 0.979. The van der Waals surface area contributed by atoms with E-state index in [4.69, 9.17) is 9.47 Å². The smallest absolute Gasteiger partial charge is 0.431 e. The molecule has 4 N–H and O–H groups in total. The third-order valence-electron chi connectivity index (χ3n) is 13.6. The standard InChI is InChI=1S/C57H47F6N5O6/c1-29-5-13-37-44(21-29)73-45-22-30(2)6-14-38(45)48(37)64-52(69)42-27-36(50(56(58,59)60)66-54(42)71)25-33-10-8-32(9-11-33)24-34-12-16-40-47(26-34)74-46-23-31(3)7-15-39(46)49(40)65-53(70)43-28-41(35-17-19-68(4)20-18-35)51(57(61,62)63)67-55(43)72/h5-17,21-23,26-28,48-49H,18-20,24-25H2,1-4H3,(H,64,69)(H,65,70)(H,66,71)(H,67,72). The van der Waals surface area contributed by atoms with Crippen LogP contribution in [0, 0.1) is 20.8 Å². The van der Waals surface area contributed by atoms with Gasteiger partial charge in [0.05, 0.1) is 12.1 Å². The first-order valence-electron chi connectivity index (χ1n) is 23.7. The zero-order chi connectivity index (χ0) is 52.4. The Morgan fingerprint density at radius 2 is 1.01 bits per heavy atom. The molecular formula is C57H47F6N5O6. The second-order valence-corrected chi connectivity index (χ2v) is 19.1. The fourth-order valence-electron chi connectivity index (χ4n) is 9.78. The average Bonchev–Trinajstić information content (AvgIpc) is 3.34. The normalized spacial score (nSPS) is 15.4. The summed E-state index contributed by atoms with van der Waals surface area (Å²) in [4.78, 5) is 60.3. The number of halogens is 6. The number of aromatic nitrogens is 2. The first-order chi connectivity index (χ1) is 35.2. The summed E-state index contributed by atoms with van der Waals surface area (Å²) in [5.74, 6) is 0.0651. The van der Waals surface area contributed by atoms with Crippen LogP contribution < -0.4 is 31.2 Å². The highest BCUT2D eigenvalue weighted by molar-refractivity contribution is 5.96. The Bertz CT molecular complexity index is 3530. The number of alkyl halides is 6. The number of fused-ring (bicyclic) bond motifs is 4. The number of carbonyl (C=O) groups is 2. The Kier molecular flexibility index (Phi) is 12.7. The van der Waals surface area contributed by atoms with Gasteiger partial charge in [-0.15, -0.1) is 0 Å². The van der Waals surface area contributed by atoms with Crippen molar-refractivity contribution >= 4 is 17.4 Å². The second kappa shape index (κ2) is 19.0. The topological polar surface area (TPSA) is 146 Å². The zero-order valence-electron chi connectivity index (χ0n) is 40.3. The van der Waals surface area contributed by atoms with Gasteiger partial charge in [-0.25, -0.2) is 0 Å². The number of amides is 2. The molecule has 378 valence electrons. The molecule has 0 saturated heterocycles. The molecular weight excluding hydrogens is 965 g/mol. The monoisotopic (exact) mass is 1010 g/mol. The minimum absolute atomic E-state index is 0.261. The van der Waals surface area contributed by atoms with Crippen LogP contribution in [0.5, 0.6) is 23.0 Å². The molecule has 11 nitrogen and oxygen atoms in total. The lowest BCUT2D eigenvalue weighted by Gasteiger charge is -2.30. The molecule has 10 rings (SSSR count). The molecule has 5 heterocycles. The van der Waals surface area contributed by atoms with E-state index in [2.05, 4.69) is 10.6 Å². The fraction of sp³-hybridized carbons (Fsp3) is 0.228. The Balaban J connectivity index is 0.892. The van der Waals surface area contributed by atoms with E-state index in [1.54, 1.807) is 66.7 Å². The van der Waals surface area contributed by atoms with Crippen molar-refractivity contribution in [1.82, 2.24) is 25.5 Å². The van der Waals surface area contributed by atoms with Gasteiger partial charge in [0.15, 0.2) is 0 Å². The largest absolute Gasteiger partial charge is 0.457 e. The average molecular weight is 1010 g/mol. The van der Waals surface area contributed by atoms with Crippen LogP contribution in [0.1, 0.15) is 117 Å². The van der Waals surface area contributed by atoms with Gasteiger partial charge < -0.3 is 35.0 Å². The van der Waals surface area contributed by atoms with Gasteiger partial charge >= 0.3 is 12.4 Å². The quantitative estimate of drug-likeness (QED) is 0.105. The summed E-state index contributed by atoms with van der Waals surface area (Å²) in [6.45, 7) is 6.53. The van der Waals surface area contributed by atoms with Crippen molar-refractivity contribution in [3.8, 4) is 23.0 Å². The first kappa shape index (κ1) is 49.4. The SMILES string of the molecule is Cc1ccc2c(c1)Oc1cc(C)ccc1C2NC(=O)c1cc(Cc2ccc(Cc3ccc4c(c3)Oc3cc(C)ccc3C4NC(=O)c3cc(C4=CCN(C)CC4)c(C(F)(F)F)[nH]c3=O)cc2)c(C(F)(F)F)[nH]c1=O. The number of carbonyl (C=O) groups excluding carboxylic acids is 2. The zero-order valence-corrected chi connectivity index (χ0v) is 40.3. The third kappa shape index (κ3) is 9.86. The number of pyridine rings is 2. The van der Waals surface area contributed by atoms with Gasteiger partial charge in [-0.1, -0.05) is 78.9 Å². The highest BCUT2D eigenvalue weighted by Crippen LogP contribution is 2.46. The lowest BCUT2D eigenvalue weighted by molar-refractivity contribution is -0.142. The van der Waals surface area contributed by atoms with Gasteiger partial charge in [-0.3, -0.25) is 19.2 Å². The number of aromatic amines is 2. The molecule has 1 unspecified atom stereocenters. The summed E-state index contributed by atoms with van der Waals surface area (Å²) in [7, 11) is 1.84. The van der Waals surface area contributed by atoms with Crippen molar-refractivity contribution in [3.05, 3.63) is 225 Å². The molecule has 0 aliphatic carbocycles. The van der Waals surface area contributed by atoms with E-state index in [0.717, 1.165) is 39.9 Å². The summed E-state index contributed by atoms with van der Waals surface area (Å²) in [6.07, 6.45) is -7.82. The Hall–Kier alpha value is -8.18. The van der Waals surface area contributed by atoms with E-state index in [9.17, 15) is 45.5 Å². The molecule has 3 aliphatic rings. The van der Waals surface area contributed by atoms with E-state index < -0.39 is 69.9 Å². The van der Waals surface area contributed by atoms with Gasteiger partial charge in [0.1, 0.15) is 45.5 Å². The number of rotatable bonds is 9. The van der Waals surface area contributed by atoms with Crippen molar-refractivity contribution in [2.75, 3.05) is 20.1 Å². The first-order valence-corrected chi connectivity index (χ1v) is 23.7. The summed E-state index contributed by atoms with van der Waals surface area (Å²) >= 11 is 0. The predicted molar refractivity (Wildman–Crippen MR) is 265 cm³/mol. The van der Waals surface area contributed by atoms with Crippen LogP contribution in [-0.4, -0.2) is 46.8 Å². The molecule has 1 atom stereocenters. The van der Waals surface area contributed by atoms with Crippen molar-refractivity contribution in [2.45, 2.75) is 64.5 Å². The minimum Gasteiger partial charge on any atom is -0.457 e. The van der Waals surface area contributed by atoms with E-state index in [1.807, 2.05) is 79.1 Å². The Morgan fingerprint density at radius 1 is 0.581 bits per heavy atom. The molecule has 74 heavy (non-hydrogen) atoms. The van der Waals surface area contributed by atoms with Crippen LogP contribution in [0.15, 0.2) is 125 Å². The maximum absolute atomic E-state index is 14.5. The van der Waals surface area contributed by atoms with Crippen LogP contribution >= 0.6 is 0 Å². The molecule has 0 fully saturated rings. The number of H-pyrrole nitrogens is 2. The Labute approximate surface area is 419 Å². The van der Waals surface area contributed by atoms with Gasteiger partial charge in [0.25, 0.3) is 22.9 Å². The van der Waals surface area contributed by atoms with Crippen LogP contribution in [0.2, 0.25) is 0 Å². The predicted octanol–water partition coefficient (Wildman–Crippen LogP) is 11.2. The fourth-order valence-corrected chi connectivity index (χ4v) is 9.78. The minimum atomic E-state index is -4.94. The lowest BCUT2D eigenvalue weighted by Crippen LogP contribution is -2.36. The van der Waals surface area contributed by atoms with Crippen molar-refractivity contribution in [1.29, 1.82) is 0 Å². The molecule has 0 radical (unpaired) electrons.